The van der Waals surface area contributed by atoms with Crippen molar-refractivity contribution in [1.82, 2.24) is 5.32 Å². The Hall–Kier alpha value is -2.42. The van der Waals surface area contributed by atoms with Gasteiger partial charge in [-0.25, -0.2) is 4.79 Å². The number of carbonyl (C=O) groups excluding carboxylic acids is 2. The summed E-state index contributed by atoms with van der Waals surface area (Å²) in [4.78, 5) is 23.2. The van der Waals surface area contributed by atoms with Gasteiger partial charge in [-0.3, -0.25) is 10.1 Å². The third-order valence-electron chi connectivity index (χ3n) is 3.29. The van der Waals surface area contributed by atoms with Crippen LogP contribution in [0.4, 0.5) is 15.5 Å². The molecule has 24 heavy (non-hydrogen) atoms. The van der Waals surface area contributed by atoms with Gasteiger partial charge >= 0.3 is 6.03 Å². The molecule has 0 saturated heterocycles. The molecular formula is C16H20N4O3S. The van der Waals surface area contributed by atoms with Crippen LogP contribution >= 0.6 is 11.3 Å². The van der Waals surface area contributed by atoms with E-state index in [1.165, 1.54) is 11.3 Å². The molecule has 1 heterocycles. The van der Waals surface area contributed by atoms with Crippen LogP contribution in [0.3, 0.4) is 0 Å². The van der Waals surface area contributed by atoms with Crippen LogP contribution in [0.5, 0.6) is 0 Å². The largest absolute Gasteiger partial charge is 0.395 e. The monoisotopic (exact) mass is 348 g/mol. The average Bonchev–Trinajstić information content (AvgIpc) is 3.01. The number of amides is 3. The molecule has 0 bridgehead atoms. The third-order valence-corrected chi connectivity index (χ3v) is 4.12. The Morgan fingerprint density at radius 3 is 2.54 bits per heavy atom. The molecule has 6 N–H and O–H groups in total. The lowest BCUT2D eigenvalue weighted by atomic mass is 10.2. The molecule has 1 unspecified atom stereocenters. The Bertz CT molecular complexity index is 700. The first-order valence-electron chi connectivity index (χ1n) is 7.38. The molecule has 0 saturated carbocycles. The second kappa shape index (κ2) is 8.44. The van der Waals surface area contributed by atoms with Gasteiger partial charge in [0.15, 0.2) is 0 Å². The summed E-state index contributed by atoms with van der Waals surface area (Å²) < 4.78 is 0. The highest BCUT2D eigenvalue weighted by atomic mass is 32.1. The smallest absolute Gasteiger partial charge is 0.317 e. The molecule has 2 aromatic rings. The second-order valence-electron chi connectivity index (χ2n) is 5.27. The number of rotatable bonds is 7. The summed E-state index contributed by atoms with van der Waals surface area (Å²) in [6, 6.07) is 8.32. The summed E-state index contributed by atoms with van der Waals surface area (Å²) in [5.41, 5.74) is 7.14. The first-order valence-corrected chi connectivity index (χ1v) is 8.26. The first-order chi connectivity index (χ1) is 11.5. The number of hydrogen-bond acceptors (Lipinski definition) is 5. The molecule has 0 aliphatic heterocycles. The number of primary amides is 1. The zero-order chi connectivity index (χ0) is 17.5. The lowest BCUT2D eigenvalue weighted by Gasteiger charge is -2.11. The van der Waals surface area contributed by atoms with E-state index in [1.807, 2.05) is 19.1 Å². The molecule has 1 aromatic heterocycles. The van der Waals surface area contributed by atoms with Crippen LogP contribution in [0.2, 0.25) is 0 Å². The van der Waals surface area contributed by atoms with Gasteiger partial charge in [0.1, 0.15) is 5.00 Å². The van der Waals surface area contributed by atoms with Gasteiger partial charge in [0.25, 0.3) is 5.91 Å². The summed E-state index contributed by atoms with van der Waals surface area (Å²) in [5.74, 6) is -0.320. The Morgan fingerprint density at radius 1 is 1.21 bits per heavy atom. The quantitative estimate of drug-likeness (QED) is 0.526. The topological polar surface area (TPSA) is 116 Å². The van der Waals surface area contributed by atoms with Crippen molar-refractivity contribution in [2.45, 2.75) is 19.5 Å². The highest BCUT2D eigenvalue weighted by Gasteiger charge is 2.14. The van der Waals surface area contributed by atoms with E-state index in [0.717, 1.165) is 5.56 Å². The average molecular weight is 348 g/mol. The van der Waals surface area contributed by atoms with Gasteiger partial charge in [0, 0.05) is 18.3 Å². The van der Waals surface area contributed by atoms with Crippen molar-refractivity contribution in [3.8, 4) is 0 Å². The lowest BCUT2D eigenvalue weighted by Crippen LogP contribution is -2.28. The first kappa shape index (κ1) is 17.9. The van der Waals surface area contributed by atoms with Crippen molar-refractivity contribution in [2.24, 2.45) is 5.73 Å². The van der Waals surface area contributed by atoms with Gasteiger partial charge in [-0.2, -0.15) is 0 Å². The maximum atomic E-state index is 12.3. The fourth-order valence-corrected chi connectivity index (χ4v) is 2.75. The number of aliphatic hydroxyl groups is 1. The number of urea groups is 1. The molecular weight excluding hydrogens is 328 g/mol. The maximum absolute atomic E-state index is 12.3. The van der Waals surface area contributed by atoms with Gasteiger partial charge in [-0.05, 0) is 36.1 Å². The third kappa shape index (κ3) is 5.05. The number of nitrogens with one attached hydrogen (secondary N) is 3. The summed E-state index contributed by atoms with van der Waals surface area (Å²) in [5, 5.41) is 19.5. The summed E-state index contributed by atoms with van der Waals surface area (Å²) in [6.45, 7) is 2.61. The molecule has 8 heteroatoms. The van der Waals surface area contributed by atoms with Crippen molar-refractivity contribution in [1.29, 1.82) is 0 Å². The predicted molar refractivity (Wildman–Crippen MR) is 95.3 cm³/mol. The molecule has 0 aliphatic carbocycles. The van der Waals surface area contributed by atoms with Crippen molar-refractivity contribution in [2.75, 3.05) is 17.2 Å². The molecule has 0 radical (unpaired) electrons. The van der Waals surface area contributed by atoms with Gasteiger partial charge in [0.05, 0.1) is 12.2 Å². The molecule has 0 spiro atoms. The SMILES string of the molecule is CC(CO)NCc1ccc(NC(=O)c2ccsc2NC(N)=O)cc1. The molecule has 1 aromatic carbocycles. The van der Waals surface area contributed by atoms with Crippen LogP contribution in [0, 0.1) is 0 Å². The van der Waals surface area contributed by atoms with Crippen LogP contribution in [0.25, 0.3) is 0 Å². The van der Waals surface area contributed by atoms with Crippen molar-refractivity contribution in [3.05, 3.63) is 46.8 Å². The molecule has 1 atom stereocenters. The number of carbonyl (C=O) groups is 2. The number of aliphatic hydroxyl groups excluding tert-OH is 1. The van der Waals surface area contributed by atoms with Crippen molar-refractivity contribution >= 4 is 34.0 Å². The van der Waals surface area contributed by atoms with Crippen LogP contribution in [-0.2, 0) is 6.54 Å². The zero-order valence-corrected chi connectivity index (χ0v) is 14.0. The lowest BCUT2D eigenvalue weighted by molar-refractivity contribution is 0.102. The maximum Gasteiger partial charge on any atom is 0.317 e. The van der Waals surface area contributed by atoms with E-state index in [2.05, 4.69) is 16.0 Å². The van der Waals surface area contributed by atoms with E-state index < -0.39 is 6.03 Å². The second-order valence-corrected chi connectivity index (χ2v) is 6.18. The van der Waals surface area contributed by atoms with Crippen molar-refractivity contribution in [3.63, 3.8) is 0 Å². The number of nitrogens with two attached hydrogens (primary N) is 1. The van der Waals surface area contributed by atoms with Gasteiger partial charge in [0.2, 0.25) is 0 Å². The van der Waals surface area contributed by atoms with E-state index >= 15 is 0 Å². The molecule has 0 aliphatic rings. The van der Waals surface area contributed by atoms with Crippen LogP contribution in [-0.4, -0.2) is 29.7 Å². The minimum atomic E-state index is -0.708. The number of thiophene rings is 1. The van der Waals surface area contributed by atoms with Gasteiger partial charge in [-0.1, -0.05) is 12.1 Å². The van der Waals surface area contributed by atoms with Crippen molar-refractivity contribution < 1.29 is 14.7 Å². The van der Waals surface area contributed by atoms with Gasteiger partial charge < -0.3 is 21.5 Å². The molecule has 2 rings (SSSR count). The summed E-state index contributed by atoms with van der Waals surface area (Å²) in [7, 11) is 0. The highest BCUT2D eigenvalue weighted by molar-refractivity contribution is 7.14. The molecule has 7 nitrogen and oxygen atoms in total. The van der Waals surface area contributed by atoms with E-state index in [-0.39, 0.29) is 18.6 Å². The fraction of sp³-hybridized carbons (Fsp3) is 0.250. The Morgan fingerprint density at radius 2 is 1.92 bits per heavy atom. The standard InChI is InChI=1S/C16H20N4O3S/c1-10(9-21)18-8-11-2-4-12(5-3-11)19-14(22)13-6-7-24-15(13)20-16(17)23/h2-7,10,18,21H,8-9H2,1H3,(H,19,22)(H3,17,20,23). The fourth-order valence-electron chi connectivity index (χ4n) is 1.96. The van der Waals surface area contributed by atoms with E-state index in [0.29, 0.717) is 22.8 Å². The molecule has 3 amide bonds. The molecule has 0 fully saturated rings. The number of anilines is 2. The highest BCUT2D eigenvalue weighted by Crippen LogP contribution is 2.24. The minimum absolute atomic E-state index is 0.0270. The Kier molecular flexibility index (Phi) is 6.30. The number of hydrogen-bond donors (Lipinski definition) is 5. The normalized spacial score (nSPS) is 11.8. The predicted octanol–water partition coefficient (Wildman–Crippen LogP) is 1.96. The van der Waals surface area contributed by atoms with E-state index in [9.17, 15) is 9.59 Å². The van der Waals surface area contributed by atoms with Gasteiger partial charge in [-0.15, -0.1) is 11.3 Å². The van der Waals surface area contributed by atoms with E-state index in [4.69, 9.17) is 10.8 Å². The molecule has 128 valence electrons. The summed E-state index contributed by atoms with van der Waals surface area (Å²) >= 11 is 1.23. The zero-order valence-electron chi connectivity index (χ0n) is 13.2. The summed E-state index contributed by atoms with van der Waals surface area (Å²) in [6.07, 6.45) is 0. The number of benzene rings is 1. The Balaban J connectivity index is 1.97. The Labute approximate surface area is 143 Å². The minimum Gasteiger partial charge on any atom is -0.395 e. The van der Waals surface area contributed by atoms with Crippen LogP contribution in [0.1, 0.15) is 22.8 Å². The van der Waals surface area contributed by atoms with Crippen LogP contribution in [0.15, 0.2) is 35.7 Å². The van der Waals surface area contributed by atoms with Crippen LogP contribution < -0.4 is 21.7 Å². The van der Waals surface area contributed by atoms with E-state index in [1.54, 1.807) is 23.6 Å².